The third-order valence-electron chi connectivity index (χ3n) is 3.70. The van der Waals surface area contributed by atoms with Crippen LogP contribution in [0.15, 0.2) is 48.7 Å². The number of amides is 1. The molecule has 2 heterocycles. The molecule has 1 aromatic carbocycles. The van der Waals surface area contributed by atoms with Gasteiger partial charge in [0.15, 0.2) is 0 Å². The maximum atomic E-state index is 12.4. The summed E-state index contributed by atoms with van der Waals surface area (Å²) in [5, 5.41) is 7.47. The van der Waals surface area contributed by atoms with E-state index in [1.54, 1.807) is 12.3 Å². The predicted octanol–water partition coefficient (Wildman–Crippen LogP) is 3.44. The van der Waals surface area contributed by atoms with Crippen LogP contribution in [0.3, 0.4) is 0 Å². The molecule has 1 amide bonds. The minimum atomic E-state index is -0.184. The summed E-state index contributed by atoms with van der Waals surface area (Å²) in [5.74, 6) is -0.184. The highest BCUT2D eigenvalue weighted by molar-refractivity contribution is 6.04. The van der Waals surface area contributed by atoms with E-state index in [4.69, 9.17) is 0 Å². The maximum Gasteiger partial charge on any atom is 0.257 e. The number of carbonyl (C=O) groups is 1. The Hall–Kier alpha value is -2.95. The zero-order valence-corrected chi connectivity index (χ0v) is 13.4. The van der Waals surface area contributed by atoms with E-state index >= 15 is 0 Å². The first-order chi connectivity index (χ1) is 11.1. The van der Waals surface area contributed by atoms with Gasteiger partial charge in [-0.1, -0.05) is 18.2 Å². The number of aromatic nitrogens is 3. The lowest BCUT2D eigenvalue weighted by atomic mass is 10.2. The fourth-order valence-electron chi connectivity index (χ4n) is 2.43. The Bertz CT molecular complexity index is 835. The second kappa shape index (κ2) is 6.04. The molecule has 2 aromatic heterocycles. The van der Waals surface area contributed by atoms with Gasteiger partial charge in [-0.3, -0.25) is 9.78 Å². The van der Waals surface area contributed by atoms with Crippen LogP contribution in [-0.2, 0) is 0 Å². The molecule has 0 radical (unpaired) electrons. The maximum absolute atomic E-state index is 12.4. The molecule has 3 aromatic rings. The molecule has 1 N–H and O–H groups in total. The van der Waals surface area contributed by atoms with Crippen molar-refractivity contribution in [3.63, 3.8) is 0 Å². The quantitative estimate of drug-likeness (QED) is 0.806. The minimum absolute atomic E-state index is 0.184. The number of pyridine rings is 1. The van der Waals surface area contributed by atoms with Crippen molar-refractivity contribution in [2.45, 2.75) is 20.8 Å². The van der Waals surface area contributed by atoms with Crippen LogP contribution in [0.2, 0.25) is 0 Å². The third kappa shape index (κ3) is 2.99. The molecule has 0 spiro atoms. The van der Waals surface area contributed by atoms with Crippen molar-refractivity contribution >= 4 is 11.6 Å². The number of nitrogens with one attached hydrogen (secondary N) is 1. The van der Waals surface area contributed by atoms with E-state index in [0.29, 0.717) is 5.56 Å². The number of nitrogens with zero attached hydrogens (tertiary/aromatic N) is 3. The highest BCUT2D eigenvalue weighted by Crippen LogP contribution is 2.23. The van der Waals surface area contributed by atoms with Crippen LogP contribution < -0.4 is 5.32 Å². The second-order valence-electron chi connectivity index (χ2n) is 5.44. The Kier molecular flexibility index (Phi) is 3.93. The van der Waals surface area contributed by atoms with Crippen LogP contribution in [0, 0.1) is 20.8 Å². The lowest BCUT2D eigenvalue weighted by Crippen LogP contribution is -2.13. The molecule has 0 aliphatic heterocycles. The normalized spacial score (nSPS) is 10.6. The molecule has 5 nitrogen and oxygen atoms in total. The van der Waals surface area contributed by atoms with Crippen molar-refractivity contribution in [3.8, 4) is 5.69 Å². The van der Waals surface area contributed by atoms with Crippen molar-refractivity contribution in [1.82, 2.24) is 14.8 Å². The smallest absolute Gasteiger partial charge is 0.257 e. The lowest BCUT2D eigenvalue weighted by Gasteiger charge is -2.07. The number of benzene rings is 1. The zero-order valence-electron chi connectivity index (χ0n) is 13.4. The summed E-state index contributed by atoms with van der Waals surface area (Å²) in [5.41, 5.74) is 4.78. The Balaban J connectivity index is 1.90. The van der Waals surface area contributed by atoms with Crippen molar-refractivity contribution in [3.05, 3.63) is 71.3 Å². The van der Waals surface area contributed by atoms with Gasteiger partial charge >= 0.3 is 0 Å². The van der Waals surface area contributed by atoms with Crippen LogP contribution in [0.25, 0.3) is 5.69 Å². The molecule has 0 saturated carbocycles. The van der Waals surface area contributed by atoms with E-state index in [0.717, 1.165) is 28.5 Å². The van der Waals surface area contributed by atoms with Crippen LogP contribution >= 0.6 is 0 Å². The van der Waals surface area contributed by atoms with Crippen molar-refractivity contribution in [1.29, 1.82) is 0 Å². The Morgan fingerprint density at radius 1 is 1.04 bits per heavy atom. The van der Waals surface area contributed by atoms with Gasteiger partial charge in [0.05, 0.1) is 28.3 Å². The molecule has 5 heteroatoms. The first kappa shape index (κ1) is 15.0. The number of hydrogen-bond acceptors (Lipinski definition) is 3. The second-order valence-corrected chi connectivity index (χ2v) is 5.44. The summed E-state index contributed by atoms with van der Waals surface area (Å²) in [6.07, 6.45) is 1.58. The van der Waals surface area contributed by atoms with Gasteiger partial charge in [0.1, 0.15) is 0 Å². The van der Waals surface area contributed by atoms with Crippen molar-refractivity contribution in [2.75, 3.05) is 5.32 Å². The average molecular weight is 306 g/mol. The largest absolute Gasteiger partial charge is 0.319 e. The molecule has 0 unspecified atom stereocenters. The highest BCUT2D eigenvalue weighted by Gasteiger charge is 2.16. The number of rotatable bonds is 3. The summed E-state index contributed by atoms with van der Waals surface area (Å²) >= 11 is 0. The fraction of sp³-hybridized carbons (Fsp3) is 0.167. The van der Waals surface area contributed by atoms with Crippen LogP contribution in [0.1, 0.15) is 27.4 Å². The van der Waals surface area contributed by atoms with Gasteiger partial charge in [0.25, 0.3) is 5.91 Å². The molecule has 0 saturated heterocycles. The average Bonchev–Trinajstić information content (AvgIpc) is 2.84. The summed E-state index contributed by atoms with van der Waals surface area (Å²) in [4.78, 5) is 16.5. The molecular formula is C18H18N4O. The fourth-order valence-corrected chi connectivity index (χ4v) is 2.43. The van der Waals surface area contributed by atoms with Gasteiger partial charge in [-0.25, -0.2) is 4.68 Å². The van der Waals surface area contributed by atoms with Gasteiger partial charge in [-0.05, 0) is 45.0 Å². The topological polar surface area (TPSA) is 59.8 Å². The van der Waals surface area contributed by atoms with E-state index in [2.05, 4.69) is 15.4 Å². The summed E-state index contributed by atoms with van der Waals surface area (Å²) < 4.78 is 1.83. The molecule has 0 aliphatic carbocycles. The predicted molar refractivity (Wildman–Crippen MR) is 90.0 cm³/mol. The Morgan fingerprint density at radius 3 is 2.43 bits per heavy atom. The van der Waals surface area contributed by atoms with E-state index in [1.165, 1.54) is 0 Å². The molecule has 23 heavy (non-hydrogen) atoms. The first-order valence-electron chi connectivity index (χ1n) is 7.42. The van der Waals surface area contributed by atoms with Gasteiger partial charge in [-0.2, -0.15) is 5.10 Å². The van der Waals surface area contributed by atoms with Gasteiger partial charge in [0, 0.05) is 11.9 Å². The standard InChI is InChI=1S/C18H18N4O/c1-12-9-10-15(11-19-12)18(23)20-17-13(2)21-22(14(17)3)16-7-5-4-6-8-16/h4-11H,1-3H3,(H,20,23). The molecular weight excluding hydrogens is 288 g/mol. The molecule has 0 atom stereocenters. The van der Waals surface area contributed by atoms with Gasteiger partial charge < -0.3 is 5.32 Å². The summed E-state index contributed by atoms with van der Waals surface area (Å²) in [6, 6.07) is 13.4. The number of anilines is 1. The van der Waals surface area contributed by atoms with Crippen molar-refractivity contribution in [2.24, 2.45) is 0 Å². The lowest BCUT2D eigenvalue weighted by molar-refractivity contribution is 0.102. The monoisotopic (exact) mass is 306 g/mol. The number of para-hydroxylation sites is 1. The van der Waals surface area contributed by atoms with Crippen LogP contribution in [0.5, 0.6) is 0 Å². The van der Waals surface area contributed by atoms with E-state index < -0.39 is 0 Å². The molecule has 116 valence electrons. The van der Waals surface area contributed by atoms with Gasteiger partial charge in [0.2, 0.25) is 0 Å². The number of carbonyl (C=O) groups excluding carboxylic acids is 1. The first-order valence-corrected chi connectivity index (χ1v) is 7.42. The molecule has 3 rings (SSSR count). The summed E-state index contributed by atoms with van der Waals surface area (Å²) in [7, 11) is 0. The molecule has 0 fully saturated rings. The van der Waals surface area contributed by atoms with Crippen LogP contribution in [0.4, 0.5) is 5.69 Å². The highest BCUT2D eigenvalue weighted by atomic mass is 16.1. The Morgan fingerprint density at radius 2 is 1.78 bits per heavy atom. The molecule has 0 aliphatic rings. The Labute approximate surface area is 135 Å². The zero-order chi connectivity index (χ0) is 16.4. The van der Waals surface area contributed by atoms with E-state index in [9.17, 15) is 4.79 Å². The van der Waals surface area contributed by atoms with E-state index in [-0.39, 0.29) is 5.91 Å². The van der Waals surface area contributed by atoms with Crippen molar-refractivity contribution < 1.29 is 4.79 Å². The minimum Gasteiger partial charge on any atom is -0.319 e. The van der Waals surface area contributed by atoms with E-state index in [1.807, 2.05) is 61.9 Å². The summed E-state index contributed by atoms with van der Waals surface area (Å²) in [6.45, 7) is 5.71. The van der Waals surface area contributed by atoms with Gasteiger partial charge in [-0.15, -0.1) is 0 Å². The van der Waals surface area contributed by atoms with Crippen LogP contribution in [-0.4, -0.2) is 20.7 Å². The number of hydrogen-bond donors (Lipinski definition) is 1. The third-order valence-corrected chi connectivity index (χ3v) is 3.70. The SMILES string of the molecule is Cc1ccc(C(=O)Nc2c(C)nn(-c3ccccc3)c2C)cn1. The molecule has 0 bridgehead atoms. The number of aryl methyl sites for hydroxylation is 2.